The van der Waals surface area contributed by atoms with Gasteiger partial charge in [-0.2, -0.15) is 5.26 Å². The molecule has 0 aromatic heterocycles. The highest BCUT2D eigenvalue weighted by molar-refractivity contribution is 7.89. The Bertz CT molecular complexity index is 1330. The molecule has 0 atom stereocenters. The summed E-state index contributed by atoms with van der Waals surface area (Å²) in [6.45, 7) is 0.661. The van der Waals surface area contributed by atoms with Gasteiger partial charge < -0.3 is 11.1 Å². The number of nitrogens with one attached hydrogen (secondary N) is 2. The maximum atomic E-state index is 11.8. The summed E-state index contributed by atoms with van der Waals surface area (Å²) in [7, 11) is -1.93. The average molecular weight is 474 g/mol. The molecule has 3 aromatic carbocycles. The highest BCUT2D eigenvalue weighted by Gasteiger charge is 2.10. The third-order valence-electron chi connectivity index (χ3n) is 5.12. The molecule has 0 radical (unpaired) electrons. The number of hydrogen-bond acceptors (Lipinski definition) is 6. The Morgan fingerprint density at radius 3 is 2.59 bits per heavy atom. The molecule has 174 valence electrons. The zero-order valence-electron chi connectivity index (χ0n) is 18.9. The van der Waals surface area contributed by atoms with Crippen LogP contribution in [0.2, 0.25) is 0 Å². The molecular weight excluding hydrogens is 446 g/mol. The number of nitrogens with zero attached hydrogens (tertiary/aromatic N) is 2. The van der Waals surface area contributed by atoms with Crippen molar-refractivity contribution in [2.24, 2.45) is 10.7 Å². The van der Waals surface area contributed by atoms with Gasteiger partial charge in [-0.1, -0.05) is 48.5 Å². The molecule has 0 amide bonds. The molecule has 3 rings (SSSR count). The van der Waals surface area contributed by atoms with Crippen LogP contribution >= 0.6 is 0 Å². The van der Waals surface area contributed by atoms with Gasteiger partial charge in [0.2, 0.25) is 10.0 Å². The first-order valence-electron chi connectivity index (χ1n) is 10.7. The minimum atomic E-state index is -3.32. The van der Waals surface area contributed by atoms with Crippen LogP contribution in [0.15, 0.2) is 83.9 Å². The summed E-state index contributed by atoms with van der Waals surface area (Å²) in [4.78, 5) is 4.40. The molecule has 0 aliphatic carbocycles. The molecule has 0 fully saturated rings. The molecule has 0 aliphatic heterocycles. The summed E-state index contributed by atoms with van der Waals surface area (Å²) >= 11 is 0. The Kier molecular flexibility index (Phi) is 8.57. The number of sulfonamides is 1. The summed E-state index contributed by atoms with van der Waals surface area (Å²) in [6, 6.07) is 25.2. The molecule has 3 aromatic rings. The Hall–Kier alpha value is -3.93. The maximum Gasteiger partial charge on any atom is 0.213 e. The van der Waals surface area contributed by atoms with Gasteiger partial charge in [-0.05, 0) is 54.1 Å². The fourth-order valence-corrected chi connectivity index (χ4v) is 3.86. The molecule has 34 heavy (non-hydrogen) atoms. The van der Waals surface area contributed by atoms with Crippen LogP contribution in [0.1, 0.15) is 16.7 Å². The van der Waals surface area contributed by atoms with Gasteiger partial charge in [-0.15, -0.1) is 0 Å². The van der Waals surface area contributed by atoms with E-state index >= 15 is 0 Å². The van der Waals surface area contributed by atoms with Crippen molar-refractivity contribution in [2.75, 3.05) is 24.7 Å². The van der Waals surface area contributed by atoms with Gasteiger partial charge in [0.15, 0.2) is 0 Å². The van der Waals surface area contributed by atoms with Gasteiger partial charge in [0.05, 0.1) is 23.9 Å². The predicted octanol–water partition coefficient (Wildman–Crippen LogP) is 3.76. The standard InChI is InChI=1S/C26H27N5O2S/c1-29-34(32,33)15-14-31-26-11-10-23(22-8-3-2-4-9-22)17-24(26)25(28)12-13-30-19-21-7-5-6-20(16-21)18-27/h2-13,16-17,29,31H,14-15,19,28H2,1H3/b25-12-,30-13?. The highest BCUT2D eigenvalue weighted by atomic mass is 32.2. The summed E-state index contributed by atoms with van der Waals surface area (Å²) in [5.74, 6) is -0.0593. The van der Waals surface area contributed by atoms with E-state index in [1.165, 1.54) is 7.05 Å². The number of rotatable bonds is 10. The molecule has 0 spiro atoms. The molecular formula is C26H27N5O2S. The molecule has 8 heteroatoms. The fourth-order valence-electron chi connectivity index (χ4n) is 3.29. The van der Waals surface area contributed by atoms with Crippen molar-refractivity contribution < 1.29 is 8.42 Å². The van der Waals surface area contributed by atoms with Crippen molar-refractivity contribution in [3.05, 3.63) is 95.6 Å². The van der Waals surface area contributed by atoms with E-state index in [2.05, 4.69) is 21.1 Å². The Labute approximate surface area is 200 Å². The molecule has 4 N–H and O–H groups in total. The van der Waals surface area contributed by atoms with E-state index in [0.717, 1.165) is 27.9 Å². The Balaban J connectivity index is 1.83. The first-order valence-corrected chi connectivity index (χ1v) is 12.4. The number of benzene rings is 3. The van der Waals surface area contributed by atoms with Crippen molar-refractivity contribution in [3.63, 3.8) is 0 Å². The molecule has 0 aliphatic rings. The van der Waals surface area contributed by atoms with E-state index in [1.807, 2.05) is 60.7 Å². The lowest BCUT2D eigenvalue weighted by Crippen LogP contribution is -2.26. The van der Waals surface area contributed by atoms with E-state index in [4.69, 9.17) is 11.0 Å². The first kappa shape index (κ1) is 24.7. The van der Waals surface area contributed by atoms with Gasteiger partial charge in [-0.25, -0.2) is 13.1 Å². The van der Waals surface area contributed by atoms with E-state index in [1.54, 1.807) is 24.4 Å². The average Bonchev–Trinajstić information content (AvgIpc) is 2.87. The number of allylic oxidation sites excluding steroid dienone is 1. The van der Waals surface area contributed by atoms with E-state index in [9.17, 15) is 8.42 Å². The predicted molar refractivity (Wildman–Crippen MR) is 139 cm³/mol. The fraction of sp³-hybridized carbons (Fsp3) is 0.154. The first-order chi connectivity index (χ1) is 16.4. The van der Waals surface area contributed by atoms with Crippen LogP contribution in [-0.2, 0) is 16.6 Å². The molecule has 0 bridgehead atoms. The quantitative estimate of drug-likeness (QED) is 0.387. The zero-order valence-corrected chi connectivity index (χ0v) is 19.7. The molecule has 0 saturated carbocycles. The third-order valence-corrected chi connectivity index (χ3v) is 6.49. The zero-order chi connectivity index (χ0) is 24.4. The molecule has 0 unspecified atom stereocenters. The lowest BCUT2D eigenvalue weighted by Gasteiger charge is -2.14. The number of nitriles is 1. The van der Waals surface area contributed by atoms with Crippen LogP contribution in [-0.4, -0.2) is 34.0 Å². The number of aliphatic imine (C=N–C) groups is 1. The van der Waals surface area contributed by atoms with Crippen molar-refractivity contribution in [1.29, 1.82) is 5.26 Å². The van der Waals surface area contributed by atoms with E-state index in [0.29, 0.717) is 17.8 Å². The minimum absolute atomic E-state index is 0.0593. The van der Waals surface area contributed by atoms with Crippen molar-refractivity contribution >= 4 is 27.6 Å². The van der Waals surface area contributed by atoms with Gasteiger partial charge in [0.1, 0.15) is 0 Å². The van der Waals surface area contributed by atoms with Crippen molar-refractivity contribution in [2.45, 2.75) is 6.54 Å². The molecule has 0 saturated heterocycles. The second kappa shape index (κ2) is 11.8. The Morgan fingerprint density at radius 1 is 1.06 bits per heavy atom. The van der Waals surface area contributed by atoms with Crippen molar-refractivity contribution in [1.82, 2.24) is 4.72 Å². The molecule has 0 heterocycles. The number of anilines is 1. The van der Waals surface area contributed by atoms with E-state index in [-0.39, 0.29) is 12.3 Å². The summed E-state index contributed by atoms with van der Waals surface area (Å²) in [5, 5.41) is 12.2. The SMILES string of the molecule is CNS(=O)(=O)CCNc1ccc(-c2ccccc2)cc1/C(N)=C/C=NCc1cccc(C#N)c1. The van der Waals surface area contributed by atoms with Crippen LogP contribution in [0.3, 0.4) is 0 Å². The largest absolute Gasteiger partial charge is 0.398 e. The minimum Gasteiger partial charge on any atom is -0.398 e. The summed E-state index contributed by atoms with van der Waals surface area (Å²) in [6.07, 6.45) is 3.35. The lowest BCUT2D eigenvalue weighted by atomic mass is 10.00. The van der Waals surface area contributed by atoms with Crippen LogP contribution in [0.5, 0.6) is 0 Å². The van der Waals surface area contributed by atoms with Crippen LogP contribution < -0.4 is 15.8 Å². The van der Waals surface area contributed by atoms with Crippen LogP contribution in [0.25, 0.3) is 16.8 Å². The molecule has 7 nitrogen and oxygen atoms in total. The van der Waals surface area contributed by atoms with Gasteiger partial charge >= 0.3 is 0 Å². The normalized spacial score (nSPS) is 11.9. The van der Waals surface area contributed by atoms with E-state index < -0.39 is 10.0 Å². The Morgan fingerprint density at radius 2 is 1.85 bits per heavy atom. The van der Waals surface area contributed by atoms with Crippen LogP contribution in [0.4, 0.5) is 5.69 Å². The van der Waals surface area contributed by atoms with Crippen LogP contribution in [0, 0.1) is 11.3 Å². The van der Waals surface area contributed by atoms with Crippen molar-refractivity contribution in [3.8, 4) is 17.2 Å². The monoisotopic (exact) mass is 473 g/mol. The van der Waals surface area contributed by atoms with Gasteiger partial charge in [0, 0.05) is 29.7 Å². The lowest BCUT2D eigenvalue weighted by molar-refractivity contribution is 0.588. The maximum absolute atomic E-state index is 11.8. The van der Waals surface area contributed by atoms with Gasteiger partial charge in [-0.3, -0.25) is 4.99 Å². The number of hydrogen-bond donors (Lipinski definition) is 3. The smallest absolute Gasteiger partial charge is 0.213 e. The summed E-state index contributed by atoms with van der Waals surface area (Å²) < 4.78 is 25.8. The van der Waals surface area contributed by atoms with Gasteiger partial charge in [0.25, 0.3) is 0 Å². The third kappa shape index (κ3) is 7.04. The second-order valence-electron chi connectivity index (χ2n) is 7.50. The summed E-state index contributed by atoms with van der Waals surface area (Å²) in [5.41, 5.74) is 11.9. The number of nitrogens with two attached hydrogens (primary N) is 1. The topological polar surface area (TPSA) is 120 Å². The highest BCUT2D eigenvalue weighted by Crippen LogP contribution is 2.28. The second-order valence-corrected chi connectivity index (χ2v) is 9.55.